The van der Waals surface area contributed by atoms with Crippen LogP contribution in [0, 0.1) is 6.92 Å². The fraction of sp³-hybridized carbons (Fsp3) is 0.238. The summed E-state index contributed by atoms with van der Waals surface area (Å²) in [5.41, 5.74) is 4.14. The van der Waals surface area contributed by atoms with Crippen LogP contribution in [-0.2, 0) is 0 Å². The van der Waals surface area contributed by atoms with Gasteiger partial charge in [-0.15, -0.1) is 0 Å². The number of methoxy groups -OCH3 is 3. The van der Waals surface area contributed by atoms with Crippen LogP contribution in [0.15, 0.2) is 48.8 Å². The molecule has 0 saturated heterocycles. The van der Waals surface area contributed by atoms with Gasteiger partial charge in [-0.25, -0.2) is 4.68 Å². The maximum Gasteiger partial charge on any atom is 0.226 e. The molecule has 1 aliphatic heterocycles. The maximum absolute atomic E-state index is 5.70. The Kier molecular flexibility index (Phi) is 4.65. The molecule has 0 bridgehead atoms. The predicted molar refractivity (Wildman–Crippen MR) is 107 cm³/mol. The first-order valence-electron chi connectivity index (χ1n) is 8.90. The molecule has 144 valence electrons. The molecule has 1 aromatic heterocycles. The van der Waals surface area contributed by atoms with Gasteiger partial charge >= 0.3 is 0 Å². The smallest absolute Gasteiger partial charge is 0.226 e. The summed E-state index contributed by atoms with van der Waals surface area (Å²) in [6, 6.07) is 12.0. The van der Waals surface area contributed by atoms with E-state index in [2.05, 4.69) is 52.7 Å². The molecule has 0 spiro atoms. The van der Waals surface area contributed by atoms with Crippen molar-refractivity contribution in [2.45, 2.75) is 13.0 Å². The highest BCUT2D eigenvalue weighted by Gasteiger charge is 2.28. The Hall–Kier alpha value is -3.48. The van der Waals surface area contributed by atoms with Crippen LogP contribution in [0.5, 0.6) is 17.2 Å². The summed E-state index contributed by atoms with van der Waals surface area (Å²) < 4.78 is 18.5. The van der Waals surface area contributed by atoms with E-state index in [4.69, 9.17) is 14.2 Å². The lowest BCUT2D eigenvalue weighted by molar-refractivity contribution is 0.320. The second-order valence-corrected chi connectivity index (χ2v) is 6.47. The van der Waals surface area contributed by atoms with Crippen LogP contribution in [0.3, 0.4) is 0 Å². The molecule has 4 rings (SSSR count). The number of aromatic nitrogens is 3. The highest BCUT2D eigenvalue weighted by Crippen LogP contribution is 2.45. The van der Waals surface area contributed by atoms with Crippen molar-refractivity contribution < 1.29 is 14.2 Å². The van der Waals surface area contributed by atoms with Gasteiger partial charge in [0, 0.05) is 11.3 Å². The first-order chi connectivity index (χ1) is 13.7. The van der Waals surface area contributed by atoms with E-state index >= 15 is 0 Å². The molecule has 0 unspecified atom stereocenters. The maximum atomic E-state index is 5.70. The van der Waals surface area contributed by atoms with E-state index < -0.39 is 0 Å². The molecule has 0 amide bonds. The number of aryl methyl sites for hydroxylation is 1. The molecule has 7 nitrogen and oxygen atoms in total. The molecule has 2 aromatic carbocycles. The van der Waals surface area contributed by atoms with E-state index in [1.165, 1.54) is 11.9 Å². The second kappa shape index (κ2) is 7.26. The first-order valence-corrected chi connectivity index (χ1v) is 8.90. The van der Waals surface area contributed by atoms with Crippen molar-refractivity contribution >= 4 is 11.6 Å². The quantitative estimate of drug-likeness (QED) is 0.731. The van der Waals surface area contributed by atoms with Crippen LogP contribution < -0.4 is 19.5 Å². The van der Waals surface area contributed by atoms with Crippen molar-refractivity contribution in [2.75, 3.05) is 26.6 Å². The predicted octanol–water partition coefficient (Wildman–Crippen LogP) is 3.67. The van der Waals surface area contributed by atoms with Crippen molar-refractivity contribution in [3.8, 4) is 17.2 Å². The Balaban J connectivity index is 1.87. The summed E-state index contributed by atoms with van der Waals surface area (Å²) in [7, 11) is 4.82. The number of ether oxygens (including phenoxy) is 3. The van der Waals surface area contributed by atoms with Crippen molar-refractivity contribution in [2.24, 2.45) is 0 Å². The zero-order valence-corrected chi connectivity index (χ0v) is 16.3. The van der Waals surface area contributed by atoms with Gasteiger partial charge in [0.15, 0.2) is 11.5 Å². The van der Waals surface area contributed by atoms with E-state index in [1.54, 1.807) is 21.3 Å². The topological polar surface area (TPSA) is 70.4 Å². The Morgan fingerprint density at radius 3 is 2.36 bits per heavy atom. The van der Waals surface area contributed by atoms with Crippen molar-refractivity contribution in [3.05, 3.63) is 65.5 Å². The molecule has 28 heavy (non-hydrogen) atoms. The SMILES string of the molecule is COc1ccc([C@H]2C=C(c3ccc(C)cc3)Nc3ncnn32)c(OC)c1OC. The standard InChI is InChI=1S/C21H22N4O3/c1-13-5-7-14(8-6-13)16-11-17(25-21(24-16)22-12-23-25)15-9-10-18(26-2)20(28-4)19(15)27-3/h5-12,17H,1-4H3,(H,22,23,24)/t17-/m1/s1. The molecule has 0 fully saturated rings. The molecular weight excluding hydrogens is 356 g/mol. The fourth-order valence-electron chi connectivity index (χ4n) is 3.41. The number of anilines is 1. The molecule has 0 radical (unpaired) electrons. The van der Waals surface area contributed by atoms with Gasteiger partial charge in [0.1, 0.15) is 12.4 Å². The number of benzene rings is 2. The lowest BCUT2D eigenvalue weighted by Crippen LogP contribution is -2.21. The number of nitrogens with zero attached hydrogens (tertiary/aromatic N) is 3. The highest BCUT2D eigenvalue weighted by molar-refractivity contribution is 5.77. The van der Waals surface area contributed by atoms with Crippen molar-refractivity contribution in [1.29, 1.82) is 0 Å². The number of fused-ring (bicyclic) bond motifs is 1. The molecule has 7 heteroatoms. The summed E-state index contributed by atoms with van der Waals surface area (Å²) in [5.74, 6) is 2.43. The number of nitrogens with one attached hydrogen (secondary N) is 1. The van der Waals surface area contributed by atoms with Gasteiger partial charge in [0.2, 0.25) is 11.7 Å². The van der Waals surface area contributed by atoms with E-state index in [9.17, 15) is 0 Å². The van der Waals surface area contributed by atoms with Crippen molar-refractivity contribution in [1.82, 2.24) is 14.8 Å². The Labute approximate surface area is 163 Å². The van der Waals surface area contributed by atoms with Gasteiger partial charge in [-0.3, -0.25) is 0 Å². The van der Waals surface area contributed by atoms with Crippen LogP contribution in [0.25, 0.3) is 5.70 Å². The van der Waals surface area contributed by atoms with Crippen LogP contribution in [-0.4, -0.2) is 36.1 Å². The molecule has 1 atom stereocenters. The van der Waals surface area contributed by atoms with Gasteiger partial charge in [-0.2, -0.15) is 10.1 Å². The monoisotopic (exact) mass is 378 g/mol. The molecule has 1 aliphatic rings. The fourth-order valence-corrected chi connectivity index (χ4v) is 3.41. The van der Waals surface area contributed by atoms with Crippen LogP contribution in [0.2, 0.25) is 0 Å². The molecule has 0 saturated carbocycles. The normalized spacial score (nSPS) is 15.3. The lowest BCUT2D eigenvalue weighted by Gasteiger charge is -2.26. The second-order valence-electron chi connectivity index (χ2n) is 6.47. The summed E-state index contributed by atoms with van der Waals surface area (Å²) in [4.78, 5) is 4.36. The summed E-state index contributed by atoms with van der Waals surface area (Å²) in [5, 5.41) is 7.76. The number of hydrogen-bond donors (Lipinski definition) is 1. The summed E-state index contributed by atoms with van der Waals surface area (Å²) in [6.07, 6.45) is 3.64. The largest absolute Gasteiger partial charge is 0.493 e. The third-order valence-electron chi connectivity index (χ3n) is 4.82. The van der Waals surface area contributed by atoms with Crippen LogP contribution >= 0.6 is 0 Å². The molecule has 0 aliphatic carbocycles. The van der Waals surface area contributed by atoms with E-state index in [0.29, 0.717) is 23.2 Å². The minimum Gasteiger partial charge on any atom is -0.493 e. The van der Waals surface area contributed by atoms with Gasteiger partial charge < -0.3 is 19.5 Å². The third kappa shape index (κ3) is 2.94. The molecule has 1 N–H and O–H groups in total. The Bertz CT molecular complexity index is 1020. The zero-order chi connectivity index (χ0) is 19.7. The lowest BCUT2D eigenvalue weighted by atomic mass is 9.99. The van der Waals surface area contributed by atoms with E-state index in [0.717, 1.165) is 16.8 Å². The first kappa shape index (κ1) is 17.9. The van der Waals surface area contributed by atoms with E-state index in [1.807, 2.05) is 16.8 Å². The molecular formula is C21H22N4O3. The van der Waals surface area contributed by atoms with Gasteiger partial charge in [0.25, 0.3) is 0 Å². The van der Waals surface area contributed by atoms with Crippen LogP contribution in [0.1, 0.15) is 22.7 Å². The summed E-state index contributed by atoms with van der Waals surface area (Å²) >= 11 is 0. The Morgan fingerprint density at radius 1 is 0.929 bits per heavy atom. The summed E-state index contributed by atoms with van der Waals surface area (Å²) in [6.45, 7) is 2.07. The van der Waals surface area contributed by atoms with Crippen molar-refractivity contribution in [3.63, 3.8) is 0 Å². The van der Waals surface area contributed by atoms with Gasteiger partial charge in [-0.05, 0) is 30.7 Å². The highest BCUT2D eigenvalue weighted by atomic mass is 16.5. The zero-order valence-electron chi connectivity index (χ0n) is 16.3. The minimum absolute atomic E-state index is 0.218. The van der Waals surface area contributed by atoms with E-state index in [-0.39, 0.29) is 6.04 Å². The number of allylic oxidation sites excluding steroid dienone is 1. The Morgan fingerprint density at radius 2 is 1.68 bits per heavy atom. The minimum atomic E-state index is -0.218. The third-order valence-corrected chi connectivity index (χ3v) is 4.82. The number of hydrogen-bond acceptors (Lipinski definition) is 6. The molecule has 3 aromatic rings. The van der Waals surface area contributed by atoms with Crippen LogP contribution in [0.4, 0.5) is 5.95 Å². The molecule has 2 heterocycles. The van der Waals surface area contributed by atoms with Gasteiger partial charge in [-0.1, -0.05) is 29.8 Å². The van der Waals surface area contributed by atoms with Gasteiger partial charge in [0.05, 0.1) is 21.3 Å². The number of rotatable bonds is 5. The average molecular weight is 378 g/mol. The average Bonchev–Trinajstić information content (AvgIpc) is 3.21.